The summed E-state index contributed by atoms with van der Waals surface area (Å²) in [6.45, 7) is 6.98. The van der Waals surface area contributed by atoms with Crippen molar-refractivity contribution < 1.29 is 9.47 Å². The minimum atomic E-state index is 0.263. The number of anilines is 2. The van der Waals surface area contributed by atoms with E-state index in [1.54, 1.807) is 13.2 Å². The number of nitrogens with zero attached hydrogens (tertiary/aromatic N) is 3. The van der Waals surface area contributed by atoms with Gasteiger partial charge in [0.15, 0.2) is 5.82 Å². The molecule has 4 N–H and O–H groups in total. The Hall–Kier alpha value is -1.48. The number of methoxy groups -OCH3 is 1. The third-order valence-electron chi connectivity index (χ3n) is 3.22. The van der Waals surface area contributed by atoms with Crippen LogP contribution in [0.1, 0.15) is 12.7 Å². The normalized spacial score (nSPS) is 17.5. The Morgan fingerprint density at radius 2 is 2.10 bits per heavy atom. The number of nitrogens with one attached hydrogen (secondary N) is 2. The van der Waals surface area contributed by atoms with Gasteiger partial charge in [0.05, 0.1) is 13.2 Å². The molecule has 1 atom stereocenters. The number of morpholine rings is 1. The van der Waals surface area contributed by atoms with Gasteiger partial charge >= 0.3 is 0 Å². The van der Waals surface area contributed by atoms with E-state index in [4.69, 9.17) is 15.3 Å². The van der Waals surface area contributed by atoms with Gasteiger partial charge in [-0.25, -0.2) is 15.8 Å². The second-order valence-corrected chi connectivity index (χ2v) is 5.09. The molecule has 0 spiro atoms. The van der Waals surface area contributed by atoms with E-state index in [1.165, 1.54) is 0 Å². The average Bonchev–Trinajstić information content (AvgIpc) is 2.48. The van der Waals surface area contributed by atoms with Crippen molar-refractivity contribution >= 4 is 11.6 Å². The minimum absolute atomic E-state index is 0.263. The summed E-state index contributed by atoms with van der Waals surface area (Å²) in [5, 5.41) is 3.38. The third kappa shape index (κ3) is 5.09. The van der Waals surface area contributed by atoms with Crippen LogP contribution in [0, 0.1) is 0 Å². The molecule has 0 radical (unpaired) electrons. The molecule has 2 heterocycles. The van der Waals surface area contributed by atoms with Gasteiger partial charge in [-0.15, -0.1) is 0 Å². The van der Waals surface area contributed by atoms with Crippen molar-refractivity contribution in [2.24, 2.45) is 5.84 Å². The first-order chi connectivity index (χ1) is 10.2. The van der Waals surface area contributed by atoms with Gasteiger partial charge in [0.1, 0.15) is 18.2 Å². The highest BCUT2D eigenvalue weighted by molar-refractivity contribution is 5.47. The molecule has 118 valence electrons. The fourth-order valence-corrected chi connectivity index (χ4v) is 2.31. The van der Waals surface area contributed by atoms with E-state index in [2.05, 4.69) is 32.5 Å². The smallest absolute Gasteiger partial charge is 0.158 e. The fraction of sp³-hybridized carbons (Fsp3) is 0.692. The summed E-state index contributed by atoms with van der Waals surface area (Å²) in [6.07, 6.45) is 0. The van der Waals surface area contributed by atoms with Crippen molar-refractivity contribution in [2.45, 2.75) is 19.6 Å². The Morgan fingerprint density at radius 3 is 2.76 bits per heavy atom. The van der Waals surface area contributed by atoms with Gasteiger partial charge in [0.2, 0.25) is 0 Å². The SMILES string of the molecule is COCc1nc(NN)cc(NC(C)CN2CCOCC2)n1. The highest BCUT2D eigenvalue weighted by Gasteiger charge is 2.14. The molecule has 21 heavy (non-hydrogen) atoms. The molecule has 1 saturated heterocycles. The van der Waals surface area contributed by atoms with Crippen LogP contribution in [0.5, 0.6) is 0 Å². The van der Waals surface area contributed by atoms with Crippen LogP contribution >= 0.6 is 0 Å². The Labute approximate surface area is 125 Å². The number of aromatic nitrogens is 2. The van der Waals surface area contributed by atoms with Crippen molar-refractivity contribution in [3.8, 4) is 0 Å². The predicted octanol–water partition coefficient (Wildman–Crippen LogP) is 0.0412. The number of hydrogen-bond acceptors (Lipinski definition) is 8. The zero-order valence-electron chi connectivity index (χ0n) is 12.6. The first kappa shape index (κ1) is 15.9. The molecule has 0 bridgehead atoms. The number of rotatable bonds is 7. The van der Waals surface area contributed by atoms with Crippen molar-refractivity contribution in [3.63, 3.8) is 0 Å². The molecule has 8 nitrogen and oxygen atoms in total. The number of hydrazine groups is 1. The van der Waals surface area contributed by atoms with E-state index in [0.29, 0.717) is 18.2 Å². The molecule has 1 aliphatic heterocycles. The highest BCUT2D eigenvalue weighted by Crippen LogP contribution is 2.12. The molecular formula is C13H24N6O2. The van der Waals surface area contributed by atoms with Gasteiger partial charge < -0.3 is 20.2 Å². The largest absolute Gasteiger partial charge is 0.379 e. The molecule has 0 aromatic carbocycles. The van der Waals surface area contributed by atoms with Crippen LogP contribution in [-0.4, -0.2) is 60.9 Å². The topological polar surface area (TPSA) is 97.6 Å². The first-order valence-corrected chi connectivity index (χ1v) is 7.11. The minimum Gasteiger partial charge on any atom is -0.379 e. The van der Waals surface area contributed by atoms with Crippen LogP contribution in [0.4, 0.5) is 11.6 Å². The number of ether oxygens (including phenoxy) is 2. The standard InChI is InChI=1S/C13H24N6O2/c1-10(8-19-3-5-21-6-4-19)15-11-7-12(18-14)17-13(16-11)9-20-2/h7,10H,3-6,8-9,14H2,1-2H3,(H2,15,16,17,18). The van der Waals surface area contributed by atoms with Crippen LogP contribution in [0.2, 0.25) is 0 Å². The lowest BCUT2D eigenvalue weighted by Crippen LogP contribution is -2.42. The summed E-state index contributed by atoms with van der Waals surface area (Å²) >= 11 is 0. The molecule has 0 saturated carbocycles. The van der Waals surface area contributed by atoms with Gasteiger partial charge in [0, 0.05) is 38.9 Å². The summed E-state index contributed by atoms with van der Waals surface area (Å²) in [6, 6.07) is 2.05. The van der Waals surface area contributed by atoms with E-state index in [9.17, 15) is 0 Å². The maximum absolute atomic E-state index is 5.43. The van der Waals surface area contributed by atoms with E-state index in [1.807, 2.05) is 0 Å². The summed E-state index contributed by atoms with van der Waals surface area (Å²) < 4.78 is 10.4. The van der Waals surface area contributed by atoms with E-state index in [-0.39, 0.29) is 6.04 Å². The first-order valence-electron chi connectivity index (χ1n) is 7.11. The zero-order chi connectivity index (χ0) is 15.1. The molecule has 0 aliphatic carbocycles. The predicted molar refractivity (Wildman–Crippen MR) is 80.9 cm³/mol. The van der Waals surface area contributed by atoms with Gasteiger partial charge in [-0.05, 0) is 6.92 Å². The summed E-state index contributed by atoms with van der Waals surface area (Å²) in [5.41, 5.74) is 2.55. The Morgan fingerprint density at radius 1 is 1.38 bits per heavy atom. The number of nitrogen functional groups attached to an aromatic ring is 1. The van der Waals surface area contributed by atoms with Crippen LogP contribution in [-0.2, 0) is 16.1 Å². The molecule has 1 aromatic rings. The second-order valence-electron chi connectivity index (χ2n) is 5.09. The summed E-state index contributed by atoms with van der Waals surface area (Å²) in [4.78, 5) is 11.0. The Bertz CT molecular complexity index is 439. The van der Waals surface area contributed by atoms with Crippen molar-refractivity contribution in [2.75, 3.05) is 50.7 Å². The summed E-state index contributed by atoms with van der Waals surface area (Å²) in [7, 11) is 1.61. The molecule has 0 amide bonds. The van der Waals surface area contributed by atoms with E-state index < -0.39 is 0 Å². The van der Waals surface area contributed by atoms with Crippen molar-refractivity contribution in [1.29, 1.82) is 0 Å². The monoisotopic (exact) mass is 296 g/mol. The molecule has 2 rings (SSSR count). The van der Waals surface area contributed by atoms with E-state index in [0.717, 1.165) is 38.7 Å². The lowest BCUT2D eigenvalue weighted by molar-refractivity contribution is 0.0368. The van der Waals surface area contributed by atoms with Gasteiger partial charge in [-0.2, -0.15) is 0 Å². The number of nitrogens with two attached hydrogens (primary N) is 1. The quantitative estimate of drug-likeness (QED) is 0.479. The maximum atomic E-state index is 5.43. The van der Waals surface area contributed by atoms with Gasteiger partial charge in [-0.3, -0.25) is 4.90 Å². The molecule has 1 fully saturated rings. The Kier molecular flexibility index (Phi) is 6.12. The van der Waals surface area contributed by atoms with Crippen LogP contribution in [0.25, 0.3) is 0 Å². The fourth-order valence-electron chi connectivity index (χ4n) is 2.31. The molecule has 1 unspecified atom stereocenters. The second kappa shape index (κ2) is 8.08. The van der Waals surface area contributed by atoms with Crippen molar-refractivity contribution in [1.82, 2.24) is 14.9 Å². The number of hydrogen-bond donors (Lipinski definition) is 3. The van der Waals surface area contributed by atoms with Crippen molar-refractivity contribution in [3.05, 3.63) is 11.9 Å². The van der Waals surface area contributed by atoms with Gasteiger partial charge in [0.25, 0.3) is 0 Å². The maximum Gasteiger partial charge on any atom is 0.158 e. The molecular weight excluding hydrogens is 272 g/mol. The molecule has 1 aliphatic rings. The van der Waals surface area contributed by atoms with Crippen LogP contribution in [0.15, 0.2) is 6.07 Å². The molecule has 8 heteroatoms. The average molecular weight is 296 g/mol. The van der Waals surface area contributed by atoms with Gasteiger partial charge in [-0.1, -0.05) is 0 Å². The van der Waals surface area contributed by atoms with Crippen LogP contribution in [0.3, 0.4) is 0 Å². The zero-order valence-corrected chi connectivity index (χ0v) is 12.6. The molecule has 1 aromatic heterocycles. The van der Waals surface area contributed by atoms with E-state index >= 15 is 0 Å². The highest BCUT2D eigenvalue weighted by atomic mass is 16.5. The third-order valence-corrected chi connectivity index (χ3v) is 3.22. The summed E-state index contributed by atoms with van der Waals surface area (Å²) in [5.74, 6) is 7.33. The lowest BCUT2D eigenvalue weighted by Gasteiger charge is -2.29. The Balaban J connectivity index is 1.95. The van der Waals surface area contributed by atoms with Crippen LogP contribution < -0.4 is 16.6 Å². The lowest BCUT2D eigenvalue weighted by atomic mass is 10.3.